The Morgan fingerprint density at radius 3 is 2.58 bits per heavy atom. The van der Waals surface area contributed by atoms with Crippen LogP contribution >= 0.6 is 0 Å². The molecule has 1 aliphatic rings. The minimum absolute atomic E-state index is 0.186. The van der Waals surface area contributed by atoms with Gasteiger partial charge in [-0.25, -0.2) is 4.79 Å². The summed E-state index contributed by atoms with van der Waals surface area (Å²) in [5.74, 6) is 0. The number of methoxy groups -OCH3 is 2. The van der Waals surface area contributed by atoms with Crippen molar-refractivity contribution in [1.29, 1.82) is 0 Å². The lowest BCUT2D eigenvalue weighted by molar-refractivity contribution is 0.0147. The molecular formula is C8H15NO3. The third-order valence-corrected chi connectivity index (χ3v) is 2.36. The monoisotopic (exact) mass is 173 g/mol. The molecule has 4 nitrogen and oxygen atoms in total. The summed E-state index contributed by atoms with van der Waals surface area (Å²) in [5, 5.41) is 0. The van der Waals surface area contributed by atoms with Crippen LogP contribution in [-0.4, -0.2) is 43.9 Å². The number of hydrogen-bond donors (Lipinski definition) is 0. The van der Waals surface area contributed by atoms with E-state index in [1.54, 1.807) is 12.0 Å². The molecule has 1 rings (SSSR count). The van der Waals surface area contributed by atoms with E-state index in [1.165, 1.54) is 7.11 Å². The topological polar surface area (TPSA) is 38.8 Å². The zero-order valence-electron chi connectivity index (χ0n) is 7.79. The van der Waals surface area contributed by atoms with E-state index in [1.807, 2.05) is 6.92 Å². The molecule has 1 amide bonds. The predicted molar refractivity (Wildman–Crippen MR) is 44.0 cm³/mol. The maximum atomic E-state index is 11.1. The van der Waals surface area contributed by atoms with Crippen LogP contribution in [0.5, 0.6) is 0 Å². The number of hydrogen-bond acceptors (Lipinski definition) is 3. The summed E-state index contributed by atoms with van der Waals surface area (Å²) in [6, 6.07) is 0. The fraction of sp³-hybridized carbons (Fsp3) is 0.875. The summed E-state index contributed by atoms with van der Waals surface area (Å²) in [7, 11) is 3.06. The van der Waals surface area contributed by atoms with E-state index in [0.717, 1.165) is 13.0 Å². The lowest BCUT2D eigenvalue weighted by Crippen LogP contribution is -2.35. The fourth-order valence-corrected chi connectivity index (χ4v) is 1.38. The lowest BCUT2D eigenvalue weighted by Gasteiger charge is -2.22. The Hall–Kier alpha value is -0.770. The van der Waals surface area contributed by atoms with Crippen LogP contribution in [0.3, 0.4) is 0 Å². The molecule has 0 spiro atoms. The van der Waals surface area contributed by atoms with Crippen LogP contribution in [0.25, 0.3) is 0 Å². The standard InChI is InChI=1S/C8H15NO3/c1-8(12-3)4-5-9(6-8)7(10)11-2/h4-6H2,1-3H3/t8-/m0/s1. The van der Waals surface area contributed by atoms with E-state index in [-0.39, 0.29) is 11.7 Å². The third-order valence-electron chi connectivity index (χ3n) is 2.36. The van der Waals surface area contributed by atoms with Crippen LogP contribution in [0.2, 0.25) is 0 Å². The number of carbonyl (C=O) groups excluding carboxylic acids is 1. The van der Waals surface area contributed by atoms with E-state index < -0.39 is 0 Å². The van der Waals surface area contributed by atoms with Gasteiger partial charge in [-0.05, 0) is 13.3 Å². The molecule has 0 unspecified atom stereocenters. The summed E-state index contributed by atoms with van der Waals surface area (Å²) in [6.07, 6.45) is 0.606. The van der Waals surface area contributed by atoms with Crippen LogP contribution in [0.15, 0.2) is 0 Å². The van der Waals surface area contributed by atoms with Crippen LogP contribution in [-0.2, 0) is 9.47 Å². The predicted octanol–water partition coefficient (Wildman–Crippen LogP) is 0.864. The Bertz CT molecular complexity index is 183. The van der Waals surface area contributed by atoms with E-state index in [0.29, 0.717) is 6.54 Å². The Labute approximate surface area is 72.4 Å². The highest BCUT2D eigenvalue weighted by molar-refractivity contribution is 5.67. The fourth-order valence-electron chi connectivity index (χ4n) is 1.38. The molecule has 12 heavy (non-hydrogen) atoms. The van der Waals surface area contributed by atoms with E-state index in [2.05, 4.69) is 4.74 Å². The quantitative estimate of drug-likeness (QED) is 0.590. The van der Waals surface area contributed by atoms with E-state index >= 15 is 0 Å². The van der Waals surface area contributed by atoms with Crippen molar-refractivity contribution in [2.24, 2.45) is 0 Å². The molecule has 0 saturated carbocycles. The molecule has 0 N–H and O–H groups in total. The van der Waals surface area contributed by atoms with Crippen molar-refractivity contribution >= 4 is 6.09 Å². The van der Waals surface area contributed by atoms with Gasteiger partial charge in [0.05, 0.1) is 19.3 Å². The molecule has 70 valence electrons. The van der Waals surface area contributed by atoms with Gasteiger partial charge in [0.2, 0.25) is 0 Å². The first kappa shape index (κ1) is 9.32. The molecule has 0 bridgehead atoms. The minimum Gasteiger partial charge on any atom is -0.453 e. The highest BCUT2D eigenvalue weighted by Crippen LogP contribution is 2.24. The molecule has 0 aromatic heterocycles. The molecule has 0 radical (unpaired) electrons. The van der Waals surface area contributed by atoms with Gasteiger partial charge >= 0.3 is 6.09 Å². The number of carbonyl (C=O) groups is 1. The summed E-state index contributed by atoms with van der Waals surface area (Å²) in [6.45, 7) is 3.34. The van der Waals surface area contributed by atoms with Gasteiger partial charge < -0.3 is 14.4 Å². The minimum atomic E-state index is -0.268. The molecular weight excluding hydrogens is 158 g/mol. The highest BCUT2D eigenvalue weighted by atomic mass is 16.5. The molecule has 0 aromatic rings. The number of amides is 1. The number of nitrogens with zero attached hydrogens (tertiary/aromatic N) is 1. The first-order valence-electron chi connectivity index (χ1n) is 3.99. The van der Waals surface area contributed by atoms with Crippen molar-refractivity contribution in [2.45, 2.75) is 18.9 Å². The van der Waals surface area contributed by atoms with Gasteiger partial charge in [0.15, 0.2) is 0 Å². The second-order valence-electron chi connectivity index (χ2n) is 3.30. The molecule has 1 atom stereocenters. The normalized spacial score (nSPS) is 29.1. The van der Waals surface area contributed by atoms with Crippen LogP contribution in [0.1, 0.15) is 13.3 Å². The molecule has 1 fully saturated rings. The molecule has 0 aliphatic carbocycles. The average molecular weight is 173 g/mol. The maximum Gasteiger partial charge on any atom is 0.409 e. The van der Waals surface area contributed by atoms with Gasteiger partial charge in [0, 0.05) is 13.7 Å². The number of ether oxygens (including phenoxy) is 2. The summed E-state index contributed by atoms with van der Waals surface area (Å²) < 4.78 is 9.88. The largest absolute Gasteiger partial charge is 0.453 e. The Morgan fingerprint density at radius 2 is 2.17 bits per heavy atom. The van der Waals surface area contributed by atoms with Gasteiger partial charge in [-0.2, -0.15) is 0 Å². The molecule has 1 saturated heterocycles. The van der Waals surface area contributed by atoms with Crippen molar-refractivity contribution < 1.29 is 14.3 Å². The van der Waals surface area contributed by atoms with E-state index in [9.17, 15) is 4.79 Å². The SMILES string of the molecule is COC(=O)N1CC[C@](C)(OC)C1. The molecule has 1 heterocycles. The zero-order valence-corrected chi connectivity index (χ0v) is 7.79. The summed E-state index contributed by atoms with van der Waals surface area (Å²) in [5.41, 5.74) is -0.186. The van der Waals surface area contributed by atoms with Crippen LogP contribution in [0.4, 0.5) is 4.79 Å². The van der Waals surface area contributed by atoms with Crippen LogP contribution in [0, 0.1) is 0 Å². The first-order chi connectivity index (χ1) is 5.61. The van der Waals surface area contributed by atoms with Gasteiger partial charge in [-0.1, -0.05) is 0 Å². The molecule has 0 aromatic carbocycles. The van der Waals surface area contributed by atoms with Gasteiger partial charge in [-0.3, -0.25) is 0 Å². The van der Waals surface area contributed by atoms with E-state index in [4.69, 9.17) is 4.74 Å². The number of rotatable bonds is 1. The smallest absolute Gasteiger partial charge is 0.409 e. The Kier molecular flexibility index (Phi) is 2.57. The van der Waals surface area contributed by atoms with Crippen molar-refractivity contribution in [3.05, 3.63) is 0 Å². The molecule has 4 heteroatoms. The van der Waals surface area contributed by atoms with Gasteiger partial charge in [0.25, 0.3) is 0 Å². The highest BCUT2D eigenvalue weighted by Gasteiger charge is 2.36. The first-order valence-corrected chi connectivity index (χ1v) is 3.99. The lowest BCUT2D eigenvalue weighted by atomic mass is 10.1. The Balaban J connectivity index is 2.50. The van der Waals surface area contributed by atoms with Crippen molar-refractivity contribution in [3.8, 4) is 0 Å². The van der Waals surface area contributed by atoms with Gasteiger partial charge in [-0.15, -0.1) is 0 Å². The van der Waals surface area contributed by atoms with Gasteiger partial charge in [0.1, 0.15) is 0 Å². The summed E-state index contributed by atoms with van der Waals surface area (Å²) in [4.78, 5) is 12.7. The van der Waals surface area contributed by atoms with Crippen molar-refractivity contribution in [2.75, 3.05) is 27.3 Å². The maximum absolute atomic E-state index is 11.1. The zero-order chi connectivity index (χ0) is 9.19. The second kappa shape index (κ2) is 3.31. The van der Waals surface area contributed by atoms with Crippen molar-refractivity contribution in [3.63, 3.8) is 0 Å². The third kappa shape index (κ3) is 1.69. The number of likely N-dealkylation sites (tertiary alicyclic amines) is 1. The van der Waals surface area contributed by atoms with Crippen LogP contribution < -0.4 is 0 Å². The second-order valence-corrected chi connectivity index (χ2v) is 3.30. The Morgan fingerprint density at radius 1 is 1.50 bits per heavy atom. The molecule has 1 aliphatic heterocycles. The van der Waals surface area contributed by atoms with Crippen molar-refractivity contribution in [1.82, 2.24) is 4.90 Å². The average Bonchev–Trinajstić information content (AvgIpc) is 2.48. The summed E-state index contributed by atoms with van der Waals surface area (Å²) >= 11 is 0.